The highest BCUT2D eigenvalue weighted by atomic mass is 35.5. The molecule has 1 aromatic heterocycles. The first kappa shape index (κ1) is 30.8. The summed E-state index contributed by atoms with van der Waals surface area (Å²) >= 11 is 6.26. The standard InChI is InChI=1S/C28H24ClF5N4O.CH3NO/c1-14(16-8-17(11-37-19-6-7-19)25(35)22(29)9-16)36-12-21(28(32,33)34)24-10-20-23(31)13-39-27(20)26(38-24)15-2-4-18(30)5-3-15;2-1-3/h2-5,8-11,19,21,23,36H,1,6-7,12-13,35H2;1H,(H2,2,3). The second-order valence-corrected chi connectivity index (χ2v) is 10.1. The Hall–Kier alpha value is -4.19. The fourth-order valence-corrected chi connectivity index (χ4v) is 4.46. The van der Waals surface area contributed by atoms with Crippen molar-refractivity contribution >= 4 is 35.6 Å². The number of hydrogen-bond donors (Lipinski definition) is 3. The number of benzene rings is 2. The largest absolute Gasteiger partial charge is 0.487 e. The molecule has 1 aliphatic carbocycles. The second kappa shape index (κ2) is 12.8. The van der Waals surface area contributed by atoms with Gasteiger partial charge in [0.2, 0.25) is 6.41 Å². The number of ether oxygens (including phenoxy) is 1. The normalized spacial score (nSPS) is 16.7. The molecule has 0 saturated heterocycles. The van der Waals surface area contributed by atoms with Gasteiger partial charge in [-0.2, -0.15) is 13.2 Å². The Balaban J connectivity index is 0.00000129. The summed E-state index contributed by atoms with van der Waals surface area (Å²) in [6.45, 7) is 2.90. The van der Waals surface area contributed by atoms with Crippen LogP contribution in [0.2, 0.25) is 5.02 Å². The van der Waals surface area contributed by atoms with Crippen molar-refractivity contribution < 1.29 is 31.5 Å². The first-order valence-corrected chi connectivity index (χ1v) is 13.2. The number of primary amides is 1. The Labute approximate surface area is 243 Å². The van der Waals surface area contributed by atoms with E-state index in [-0.39, 0.29) is 46.8 Å². The zero-order valence-electron chi connectivity index (χ0n) is 22.1. The van der Waals surface area contributed by atoms with Gasteiger partial charge in [0.25, 0.3) is 0 Å². The number of nitrogen functional groups attached to an aromatic ring is 1. The van der Waals surface area contributed by atoms with Crippen molar-refractivity contribution in [1.82, 2.24) is 10.3 Å². The number of amides is 1. The molecule has 0 spiro atoms. The van der Waals surface area contributed by atoms with Crippen molar-refractivity contribution in [3.05, 3.63) is 82.3 Å². The Morgan fingerprint density at radius 3 is 2.52 bits per heavy atom. The molecular weight excluding hydrogens is 581 g/mol. The smallest absolute Gasteiger partial charge is 0.398 e. The van der Waals surface area contributed by atoms with Gasteiger partial charge in [0.15, 0.2) is 11.9 Å². The quantitative estimate of drug-likeness (QED) is 0.124. The van der Waals surface area contributed by atoms with Gasteiger partial charge in [0.05, 0.1) is 22.4 Å². The molecule has 3 aromatic rings. The molecule has 42 heavy (non-hydrogen) atoms. The number of halogens is 6. The molecule has 1 saturated carbocycles. The Kier molecular flexibility index (Phi) is 9.35. The third-order valence-electron chi connectivity index (χ3n) is 6.60. The summed E-state index contributed by atoms with van der Waals surface area (Å²) in [5, 5.41) is 2.95. The van der Waals surface area contributed by atoms with Crippen molar-refractivity contribution in [3.8, 4) is 17.0 Å². The van der Waals surface area contributed by atoms with Crippen molar-refractivity contribution in [2.24, 2.45) is 10.7 Å². The van der Waals surface area contributed by atoms with Crippen LogP contribution < -0.4 is 21.5 Å². The summed E-state index contributed by atoms with van der Waals surface area (Å²) in [7, 11) is 0. The van der Waals surface area contributed by atoms with Crippen LogP contribution in [0.25, 0.3) is 17.0 Å². The van der Waals surface area contributed by atoms with Crippen LogP contribution in [0.4, 0.5) is 27.6 Å². The number of anilines is 1. The highest BCUT2D eigenvalue weighted by Gasteiger charge is 2.43. The molecule has 2 unspecified atom stereocenters. The number of nitrogens with zero attached hydrogens (tertiary/aromatic N) is 2. The summed E-state index contributed by atoms with van der Waals surface area (Å²) in [6.07, 6.45) is -2.52. The van der Waals surface area contributed by atoms with Crippen LogP contribution in [0.3, 0.4) is 0 Å². The van der Waals surface area contributed by atoms with E-state index in [0.29, 0.717) is 22.4 Å². The molecule has 2 aliphatic rings. The Bertz CT molecular complexity index is 1490. The van der Waals surface area contributed by atoms with Gasteiger partial charge in [-0.05, 0) is 60.9 Å². The minimum Gasteiger partial charge on any atom is -0.487 e. The molecule has 2 aromatic carbocycles. The highest BCUT2D eigenvalue weighted by molar-refractivity contribution is 6.34. The lowest BCUT2D eigenvalue weighted by Gasteiger charge is -2.23. The van der Waals surface area contributed by atoms with E-state index in [9.17, 15) is 22.0 Å². The van der Waals surface area contributed by atoms with Gasteiger partial charge in [-0.3, -0.25) is 9.79 Å². The average molecular weight is 608 g/mol. The molecule has 5 N–H and O–H groups in total. The van der Waals surface area contributed by atoms with Crippen molar-refractivity contribution in [3.63, 3.8) is 0 Å². The zero-order chi connectivity index (χ0) is 30.6. The number of nitrogens with one attached hydrogen (secondary N) is 1. The maximum absolute atomic E-state index is 14.6. The predicted octanol–water partition coefficient (Wildman–Crippen LogP) is 6.12. The number of hydrogen-bond acceptors (Lipinski definition) is 6. The molecule has 13 heteroatoms. The van der Waals surface area contributed by atoms with Crippen LogP contribution >= 0.6 is 11.6 Å². The number of rotatable bonds is 8. The molecule has 1 fully saturated rings. The molecule has 2 atom stereocenters. The van der Waals surface area contributed by atoms with Crippen LogP contribution in [-0.2, 0) is 4.79 Å². The molecule has 7 nitrogen and oxygen atoms in total. The SMILES string of the molecule is C=C(NCC(c1cc2c(c(-c3ccc(F)cc3)n1)OCC2F)C(F)(F)F)c1cc(Cl)c(N)c(C=NC2CC2)c1.NC=O. The third-order valence-corrected chi connectivity index (χ3v) is 6.92. The topological polar surface area (TPSA) is 116 Å². The van der Waals surface area contributed by atoms with E-state index in [2.05, 4.69) is 27.6 Å². The average Bonchev–Trinajstić information content (AvgIpc) is 3.70. The van der Waals surface area contributed by atoms with Crippen LogP contribution in [0, 0.1) is 5.82 Å². The number of fused-ring (bicyclic) bond motifs is 1. The summed E-state index contributed by atoms with van der Waals surface area (Å²) in [5.41, 5.74) is 11.6. The lowest BCUT2D eigenvalue weighted by molar-refractivity contribution is -0.149. The van der Waals surface area contributed by atoms with Crippen LogP contribution in [-0.4, -0.2) is 43.0 Å². The maximum atomic E-state index is 14.6. The third kappa shape index (κ3) is 7.17. The van der Waals surface area contributed by atoms with E-state index < -0.39 is 36.3 Å². The molecule has 1 amide bonds. The predicted molar refractivity (Wildman–Crippen MR) is 152 cm³/mol. The summed E-state index contributed by atoms with van der Waals surface area (Å²) in [4.78, 5) is 17.2. The second-order valence-electron chi connectivity index (χ2n) is 9.66. The first-order chi connectivity index (χ1) is 19.9. The van der Waals surface area contributed by atoms with Crippen LogP contribution in [0.1, 0.15) is 47.3 Å². The number of aliphatic imine (C=N–C) groups is 1. The summed E-state index contributed by atoms with van der Waals surface area (Å²) in [6, 6.07) is 9.48. The maximum Gasteiger partial charge on any atom is 0.398 e. The summed E-state index contributed by atoms with van der Waals surface area (Å²) in [5.74, 6) is -2.60. The van der Waals surface area contributed by atoms with Gasteiger partial charge in [-0.15, -0.1) is 0 Å². The minimum atomic E-state index is -4.74. The molecule has 0 bridgehead atoms. The van der Waals surface area contributed by atoms with Gasteiger partial charge in [0, 0.05) is 35.1 Å². The van der Waals surface area contributed by atoms with Gasteiger partial charge in [-0.1, -0.05) is 18.2 Å². The van der Waals surface area contributed by atoms with E-state index >= 15 is 0 Å². The van der Waals surface area contributed by atoms with Gasteiger partial charge >= 0.3 is 6.18 Å². The van der Waals surface area contributed by atoms with Crippen LogP contribution in [0.15, 0.2) is 54.0 Å². The number of nitrogens with two attached hydrogens (primary N) is 2. The van der Waals surface area contributed by atoms with Crippen molar-refractivity contribution in [1.29, 1.82) is 0 Å². The van der Waals surface area contributed by atoms with E-state index in [1.807, 2.05) is 0 Å². The lowest BCUT2D eigenvalue weighted by atomic mass is 9.98. The van der Waals surface area contributed by atoms with E-state index in [0.717, 1.165) is 31.0 Å². The molecule has 0 radical (unpaired) electrons. The number of pyridine rings is 1. The monoisotopic (exact) mass is 607 g/mol. The Morgan fingerprint density at radius 2 is 1.90 bits per heavy atom. The molecule has 2 heterocycles. The molecular formula is C29H27ClF5N5O2. The number of carbonyl (C=O) groups excluding carboxylic acids is 1. The molecule has 222 valence electrons. The number of carbonyl (C=O) groups is 1. The van der Waals surface area contributed by atoms with Gasteiger partial charge < -0.3 is 21.5 Å². The molecule has 5 rings (SSSR count). The lowest BCUT2D eigenvalue weighted by Crippen LogP contribution is -2.31. The number of aromatic nitrogens is 1. The minimum absolute atomic E-state index is 0.0145. The van der Waals surface area contributed by atoms with Gasteiger partial charge in [-0.25, -0.2) is 13.8 Å². The fourth-order valence-electron chi connectivity index (χ4n) is 4.23. The zero-order valence-corrected chi connectivity index (χ0v) is 22.9. The highest BCUT2D eigenvalue weighted by Crippen LogP contribution is 2.44. The van der Waals surface area contributed by atoms with Crippen molar-refractivity contribution in [2.45, 2.75) is 37.1 Å². The Morgan fingerprint density at radius 1 is 1.24 bits per heavy atom. The van der Waals surface area contributed by atoms with E-state index in [4.69, 9.17) is 26.9 Å². The number of alkyl halides is 4. The summed E-state index contributed by atoms with van der Waals surface area (Å²) < 4.78 is 76.4. The van der Waals surface area contributed by atoms with E-state index in [1.165, 1.54) is 18.2 Å². The van der Waals surface area contributed by atoms with Crippen LogP contribution in [0.5, 0.6) is 5.75 Å². The van der Waals surface area contributed by atoms with Crippen molar-refractivity contribution in [2.75, 3.05) is 18.9 Å². The first-order valence-electron chi connectivity index (χ1n) is 12.8. The molecule has 1 aliphatic heterocycles. The van der Waals surface area contributed by atoms with Gasteiger partial charge in [0.1, 0.15) is 24.0 Å². The fraction of sp³-hybridized carbons (Fsp3) is 0.276. The van der Waals surface area contributed by atoms with E-state index in [1.54, 1.807) is 12.3 Å².